The molecule has 0 aromatic heterocycles. The molecule has 3 atom stereocenters. The Morgan fingerprint density at radius 1 is 1.00 bits per heavy atom. The van der Waals surface area contributed by atoms with E-state index in [9.17, 15) is 0 Å². The molecule has 0 aromatic carbocycles. The number of halogens is 3. The van der Waals surface area contributed by atoms with Crippen LogP contribution in [-0.4, -0.2) is 124 Å². The molecule has 2 fully saturated rings. The molecule has 2 rings (SSSR count). The molecule has 2 heterocycles. The summed E-state index contributed by atoms with van der Waals surface area (Å²) in [6.45, 7) is 12.2. The Balaban J connectivity index is -0.0000000558. The van der Waals surface area contributed by atoms with Gasteiger partial charge in [-0.2, -0.15) is 0 Å². The minimum absolute atomic E-state index is 0. The zero-order chi connectivity index (χ0) is 25.1. The zero-order valence-corrected chi connectivity index (χ0v) is 30.6. The SMILES string of the molecule is C.C.CB(O)O.CC(CO)N1CCN(P)CC1.CI.O=CCO.PN1CCNCC1.[I][V][I].[V]. The van der Waals surface area contributed by atoms with Crippen molar-refractivity contribution in [2.45, 2.75) is 34.6 Å². The molecule has 2 aliphatic rings. The molecule has 210 valence electrons. The van der Waals surface area contributed by atoms with Crippen LogP contribution in [-0.2, 0) is 32.8 Å². The van der Waals surface area contributed by atoms with Crippen LogP contribution >= 0.6 is 81.3 Å². The van der Waals surface area contributed by atoms with Crippen LogP contribution in [0.2, 0.25) is 6.82 Å². The van der Waals surface area contributed by atoms with Gasteiger partial charge in [0.1, 0.15) is 6.29 Å². The summed E-state index contributed by atoms with van der Waals surface area (Å²) in [6, 6.07) is 0.327. The monoisotopic (exact) mass is 944 g/mol. The number of alkyl halides is 1. The van der Waals surface area contributed by atoms with Crippen molar-refractivity contribution in [3.63, 3.8) is 0 Å². The van der Waals surface area contributed by atoms with Gasteiger partial charge < -0.3 is 30.4 Å². The fraction of sp³-hybridized carbons (Fsp3) is 0.941. The molecule has 34 heavy (non-hydrogen) atoms. The van der Waals surface area contributed by atoms with Gasteiger partial charge in [-0.25, -0.2) is 0 Å². The normalized spacial score (nSPS) is 15.5. The van der Waals surface area contributed by atoms with Crippen LogP contribution in [0.1, 0.15) is 21.8 Å². The van der Waals surface area contributed by atoms with E-state index in [0.717, 1.165) is 39.3 Å². The van der Waals surface area contributed by atoms with E-state index in [1.807, 2.05) is 4.93 Å². The average molecular weight is 944 g/mol. The van der Waals surface area contributed by atoms with Gasteiger partial charge in [0, 0.05) is 77.0 Å². The Bertz CT molecular complexity index is 349. The molecule has 1 radical (unpaired) electrons. The van der Waals surface area contributed by atoms with E-state index in [1.54, 1.807) is 0 Å². The van der Waals surface area contributed by atoms with Crippen LogP contribution in [0.5, 0.6) is 0 Å². The number of hydrogen-bond donors (Lipinski definition) is 5. The van der Waals surface area contributed by atoms with Crippen LogP contribution in [0.25, 0.3) is 0 Å². The maximum atomic E-state index is 8.92. The molecule has 0 spiro atoms. The zero-order valence-electron chi connectivity index (χ0n) is 19.0. The van der Waals surface area contributed by atoms with Gasteiger partial charge in [0.25, 0.3) is 0 Å². The number of aliphatic hydroxyl groups excluding tert-OH is 2. The molecule has 5 N–H and O–H groups in total. The number of carbonyl (C=O) groups is 1. The van der Waals surface area contributed by atoms with Crippen LogP contribution in [0.3, 0.4) is 0 Å². The number of aldehydes is 1. The van der Waals surface area contributed by atoms with Gasteiger partial charge >= 0.3 is 56.5 Å². The number of rotatable bonds is 3. The van der Waals surface area contributed by atoms with Gasteiger partial charge in [0.05, 0.1) is 13.2 Å². The first kappa shape index (κ1) is 53.8. The van der Waals surface area contributed by atoms with Gasteiger partial charge in [-0.05, 0) is 18.7 Å². The van der Waals surface area contributed by atoms with Crippen molar-refractivity contribution in [3.8, 4) is 0 Å². The van der Waals surface area contributed by atoms with Crippen LogP contribution in [0, 0.1) is 0 Å². The number of piperazine rings is 2. The molecule has 0 aromatic rings. The second-order valence-corrected chi connectivity index (χ2v) is 19.2. The summed E-state index contributed by atoms with van der Waals surface area (Å²) in [5.41, 5.74) is 0. The predicted molar refractivity (Wildman–Crippen MR) is 174 cm³/mol. The summed E-state index contributed by atoms with van der Waals surface area (Å²) < 4.78 is 4.48. The van der Waals surface area contributed by atoms with E-state index in [2.05, 4.69) is 108 Å². The molecule has 17 heteroatoms. The first-order valence-corrected chi connectivity index (χ1v) is 21.7. The second kappa shape index (κ2) is 46.5. The average Bonchev–Trinajstić information content (AvgIpc) is 2.76. The first-order chi connectivity index (χ1) is 14.7. The third-order valence-corrected chi connectivity index (χ3v) is 4.50. The van der Waals surface area contributed by atoms with Crippen LogP contribution in [0.4, 0.5) is 0 Å². The Morgan fingerprint density at radius 2 is 1.29 bits per heavy atom. The molecule has 0 aliphatic carbocycles. The Morgan fingerprint density at radius 3 is 1.50 bits per heavy atom. The van der Waals surface area contributed by atoms with Crippen molar-refractivity contribution in [2.75, 3.05) is 70.5 Å². The Hall–Kier alpha value is 3.63. The summed E-state index contributed by atoms with van der Waals surface area (Å²) >= 11 is 6.89. The number of nitrogens with one attached hydrogen (secondary N) is 1. The Kier molecular flexibility index (Phi) is 73.6. The molecule has 2 saturated heterocycles. The summed E-state index contributed by atoms with van der Waals surface area (Å²) in [4.78, 5) is 13.2. The van der Waals surface area contributed by atoms with Crippen molar-refractivity contribution < 1.29 is 53.1 Å². The van der Waals surface area contributed by atoms with E-state index in [1.165, 1.54) is 19.9 Å². The minimum atomic E-state index is -1.17. The Labute approximate surface area is 269 Å². The van der Waals surface area contributed by atoms with Crippen molar-refractivity contribution in [3.05, 3.63) is 0 Å². The number of carbonyl (C=O) groups excluding carboxylic acids is 1. The van der Waals surface area contributed by atoms with E-state index in [4.69, 9.17) is 25.1 Å². The number of aliphatic hydroxyl groups is 2. The molecular weight excluding hydrogens is 896 g/mol. The topological polar surface area (TPSA) is 120 Å². The van der Waals surface area contributed by atoms with Gasteiger partial charge in [0.15, 0.2) is 0 Å². The quantitative estimate of drug-likeness (QED) is 0.0951. The molecule has 2 aliphatic heterocycles. The van der Waals surface area contributed by atoms with Gasteiger partial charge in [0.2, 0.25) is 0 Å². The second-order valence-electron chi connectivity index (χ2n) is 5.93. The van der Waals surface area contributed by atoms with Crippen molar-refractivity contribution in [2.24, 2.45) is 0 Å². The molecule has 0 amide bonds. The van der Waals surface area contributed by atoms with Gasteiger partial charge in [-0.3, -0.25) is 14.2 Å². The maximum absolute atomic E-state index is 8.92. The molecule has 0 saturated carbocycles. The predicted octanol–water partition coefficient (Wildman–Crippen LogP) is 1.81. The number of hydrogen-bond acceptors (Lipinski definition) is 9. The smallest absolute Gasteiger partial charge is 0 e. The standard InChI is InChI=1S/C7H17N2OP.C4H11N2P.C2H4O2.CH5BO2.CH3I.2CH4.2HI.2V/c1-7(6-10)8-2-4-9(11)5-3-8;7-6-3-1-5-2-4-6;3-1-2-4;1-2(3)4;1-2;;;;;;/h7,10H,2-6,11H2,1H3;5H,1-4,7H2;1,4H,2H2;3-4H,1H3;1H3;2*1H4;2*1H;;/q;;;;;;;;;;+2/p-2. The third kappa shape index (κ3) is 52.1. The molecule has 3 unspecified atom stereocenters. The fourth-order valence-electron chi connectivity index (χ4n) is 1.98. The summed E-state index contributed by atoms with van der Waals surface area (Å²) in [6.07, 6.45) is 0.431. The summed E-state index contributed by atoms with van der Waals surface area (Å²) in [5.74, 6) is 0. The fourth-order valence-corrected chi connectivity index (χ4v) is 2.46. The van der Waals surface area contributed by atoms with E-state index in [-0.39, 0.29) is 46.6 Å². The van der Waals surface area contributed by atoms with E-state index in [0.29, 0.717) is 21.8 Å². The van der Waals surface area contributed by atoms with E-state index >= 15 is 0 Å². The first-order valence-electron chi connectivity index (χ1n) is 9.45. The van der Waals surface area contributed by atoms with Gasteiger partial charge in [-0.1, -0.05) is 56.2 Å². The van der Waals surface area contributed by atoms with Crippen LogP contribution < -0.4 is 5.32 Å². The van der Waals surface area contributed by atoms with Crippen molar-refractivity contribution >= 4 is 94.7 Å². The van der Waals surface area contributed by atoms with Crippen molar-refractivity contribution in [1.82, 2.24) is 19.6 Å². The van der Waals surface area contributed by atoms with Crippen LogP contribution in [0.15, 0.2) is 0 Å². The minimum Gasteiger partial charge on any atom is 0 e. The third-order valence-electron chi connectivity index (χ3n) is 3.46. The largest absolute Gasteiger partial charge is 0 e. The van der Waals surface area contributed by atoms with Crippen molar-refractivity contribution in [1.29, 1.82) is 0 Å². The maximum Gasteiger partial charge on any atom is 0 e. The summed E-state index contributed by atoms with van der Waals surface area (Å²) in [7, 11) is 4.87. The van der Waals surface area contributed by atoms with E-state index < -0.39 is 7.12 Å². The number of nitrogens with zero attached hydrogens (tertiary/aromatic N) is 3. The molecular formula is C17H48BI3N4O5P2V2. The van der Waals surface area contributed by atoms with Gasteiger partial charge in [-0.15, -0.1) is 0 Å². The molecule has 9 nitrogen and oxygen atoms in total. The summed E-state index contributed by atoms with van der Waals surface area (Å²) in [5, 5.41) is 34.9. The molecule has 0 bridgehead atoms.